The third-order valence-electron chi connectivity index (χ3n) is 5.87. The minimum absolute atomic E-state index is 0.187. The number of para-hydroxylation sites is 1. The lowest BCUT2D eigenvalue weighted by molar-refractivity contribution is -0.0190. The van der Waals surface area contributed by atoms with E-state index < -0.39 is 0 Å². The van der Waals surface area contributed by atoms with Gasteiger partial charge in [-0.2, -0.15) is 5.10 Å². The number of hydrazone groups is 1. The Balaban J connectivity index is 1.45. The predicted molar refractivity (Wildman–Crippen MR) is 116 cm³/mol. The Morgan fingerprint density at radius 1 is 0.759 bits per heavy atom. The number of hydrogen-bond acceptors (Lipinski definition) is 3. The van der Waals surface area contributed by atoms with E-state index in [0.717, 1.165) is 23.4 Å². The summed E-state index contributed by atoms with van der Waals surface area (Å²) in [4.78, 5) is 0. The van der Waals surface area contributed by atoms with Gasteiger partial charge in [-0.25, -0.2) is 5.01 Å². The van der Waals surface area contributed by atoms with Crippen LogP contribution < -0.4 is 4.74 Å². The molecule has 3 heteroatoms. The van der Waals surface area contributed by atoms with Crippen LogP contribution in [-0.4, -0.2) is 10.7 Å². The fraction of sp³-hybridized carbons (Fsp3) is 0.115. The smallest absolute Gasteiger partial charge is 0.213 e. The van der Waals surface area contributed by atoms with Gasteiger partial charge in [-0.15, -0.1) is 0 Å². The van der Waals surface area contributed by atoms with E-state index in [1.54, 1.807) is 0 Å². The first kappa shape index (κ1) is 16.4. The Morgan fingerprint density at radius 2 is 1.52 bits per heavy atom. The number of ether oxygens (including phenoxy) is 1. The summed E-state index contributed by atoms with van der Waals surface area (Å²) in [7, 11) is 0. The topological polar surface area (TPSA) is 24.8 Å². The zero-order valence-electron chi connectivity index (χ0n) is 15.9. The van der Waals surface area contributed by atoms with Gasteiger partial charge in [0.15, 0.2) is 0 Å². The van der Waals surface area contributed by atoms with Gasteiger partial charge in [-0.05, 0) is 28.5 Å². The summed E-state index contributed by atoms with van der Waals surface area (Å²) in [6, 6.07) is 34.0. The zero-order chi connectivity index (χ0) is 19.2. The quantitative estimate of drug-likeness (QED) is 0.423. The third-order valence-corrected chi connectivity index (χ3v) is 5.87. The van der Waals surface area contributed by atoms with Crippen LogP contribution in [0.15, 0.2) is 102 Å². The molecule has 2 heterocycles. The minimum Gasteiger partial charge on any atom is -0.464 e. The van der Waals surface area contributed by atoms with Crippen molar-refractivity contribution in [2.45, 2.75) is 18.7 Å². The van der Waals surface area contributed by atoms with Crippen molar-refractivity contribution in [1.29, 1.82) is 0 Å². The van der Waals surface area contributed by atoms with Crippen LogP contribution >= 0.6 is 0 Å². The van der Waals surface area contributed by atoms with Crippen LogP contribution in [0.25, 0.3) is 10.8 Å². The van der Waals surface area contributed by atoms with Gasteiger partial charge in [0.1, 0.15) is 5.75 Å². The van der Waals surface area contributed by atoms with Crippen LogP contribution in [0.2, 0.25) is 0 Å². The second-order valence-electron chi connectivity index (χ2n) is 7.63. The maximum atomic E-state index is 6.41. The molecule has 4 aromatic carbocycles. The maximum Gasteiger partial charge on any atom is 0.213 e. The highest BCUT2D eigenvalue weighted by atomic mass is 16.5. The molecule has 0 spiro atoms. The Labute approximate surface area is 169 Å². The van der Waals surface area contributed by atoms with E-state index in [9.17, 15) is 0 Å². The Kier molecular flexibility index (Phi) is 3.66. The summed E-state index contributed by atoms with van der Waals surface area (Å²) in [5.41, 5.74) is 4.62. The lowest BCUT2D eigenvalue weighted by atomic mass is 9.95. The predicted octanol–water partition coefficient (Wildman–Crippen LogP) is 6.08. The summed E-state index contributed by atoms with van der Waals surface area (Å²) in [6.07, 6.45) is 0.663. The van der Waals surface area contributed by atoms with E-state index in [-0.39, 0.29) is 12.3 Å². The van der Waals surface area contributed by atoms with Crippen molar-refractivity contribution in [3.8, 4) is 5.75 Å². The van der Waals surface area contributed by atoms with Gasteiger partial charge in [-0.1, -0.05) is 84.9 Å². The highest BCUT2D eigenvalue weighted by Gasteiger charge is 2.40. The van der Waals surface area contributed by atoms with Gasteiger partial charge in [0.05, 0.1) is 11.8 Å². The summed E-state index contributed by atoms with van der Waals surface area (Å²) >= 11 is 0. The highest BCUT2D eigenvalue weighted by molar-refractivity contribution is 6.04. The molecule has 0 saturated heterocycles. The van der Waals surface area contributed by atoms with Crippen LogP contribution in [-0.2, 0) is 0 Å². The molecule has 0 N–H and O–H groups in total. The molecular formula is C26H20N2O. The first-order valence-electron chi connectivity index (χ1n) is 10.0. The van der Waals surface area contributed by atoms with Gasteiger partial charge in [0.2, 0.25) is 6.23 Å². The summed E-state index contributed by atoms with van der Waals surface area (Å²) < 4.78 is 6.41. The SMILES string of the molecule is c1ccc([C@@H]2Oc3ccccc3[C@H]3CC(c4ccc5ccccc5c4)=NN32)cc1. The van der Waals surface area contributed by atoms with Crippen LogP contribution in [0.3, 0.4) is 0 Å². The minimum atomic E-state index is -0.214. The Hall–Kier alpha value is -3.59. The molecule has 0 fully saturated rings. The molecule has 3 nitrogen and oxygen atoms in total. The zero-order valence-corrected chi connectivity index (χ0v) is 15.9. The summed E-state index contributed by atoms with van der Waals surface area (Å²) in [5.74, 6) is 0.956. The number of fused-ring (bicyclic) bond motifs is 4. The monoisotopic (exact) mass is 376 g/mol. The van der Waals surface area contributed by atoms with Crippen molar-refractivity contribution < 1.29 is 4.74 Å². The van der Waals surface area contributed by atoms with Crippen molar-refractivity contribution in [2.75, 3.05) is 0 Å². The molecule has 2 atom stereocenters. The standard InChI is InChI=1S/C26H20N2O/c1-2-9-19(10-3-1)26-28-24(22-12-6-7-13-25(22)29-26)17-23(27-28)21-15-14-18-8-4-5-11-20(18)16-21/h1-16,24,26H,17H2/t24-,26+/m1/s1. The lowest BCUT2D eigenvalue weighted by Crippen LogP contribution is -2.33. The summed E-state index contributed by atoms with van der Waals surface area (Å²) in [5, 5.41) is 9.71. The normalized spacial score (nSPS) is 20.0. The van der Waals surface area contributed by atoms with Crippen LogP contribution in [0.4, 0.5) is 0 Å². The second-order valence-corrected chi connectivity index (χ2v) is 7.63. The molecule has 2 aliphatic rings. The van der Waals surface area contributed by atoms with Crippen molar-refractivity contribution >= 4 is 16.5 Å². The first-order valence-corrected chi connectivity index (χ1v) is 10.0. The molecule has 0 aliphatic carbocycles. The molecule has 0 radical (unpaired) electrons. The fourth-order valence-electron chi connectivity index (χ4n) is 4.42. The van der Waals surface area contributed by atoms with E-state index in [4.69, 9.17) is 9.84 Å². The molecule has 140 valence electrons. The molecular weight excluding hydrogens is 356 g/mol. The molecule has 4 aromatic rings. The van der Waals surface area contributed by atoms with Gasteiger partial charge in [0, 0.05) is 17.5 Å². The third kappa shape index (κ3) is 2.70. The van der Waals surface area contributed by atoms with E-state index in [0.29, 0.717) is 0 Å². The maximum absolute atomic E-state index is 6.41. The molecule has 0 bridgehead atoms. The molecule has 6 rings (SSSR count). The number of rotatable bonds is 2. The average molecular weight is 376 g/mol. The van der Waals surface area contributed by atoms with E-state index in [1.807, 2.05) is 12.1 Å². The fourth-order valence-corrected chi connectivity index (χ4v) is 4.42. The van der Waals surface area contributed by atoms with Gasteiger partial charge in [-0.3, -0.25) is 0 Å². The molecule has 29 heavy (non-hydrogen) atoms. The van der Waals surface area contributed by atoms with Crippen molar-refractivity contribution in [3.05, 3.63) is 114 Å². The van der Waals surface area contributed by atoms with E-state index in [2.05, 4.69) is 89.9 Å². The van der Waals surface area contributed by atoms with Crippen LogP contribution in [0, 0.1) is 0 Å². The lowest BCUT2D eigenvalue weighted by Gasteiger charge is -2.38. The average Bonchev–Trinajstić information content (AvgIpc) is 3.25. The largest absolute Gasteiger partial charge is 0.464 e. The van der Waals surface area contributed by atoms with Crippen molar-refractivity contribution in [1.82, 2.24) is 5.01 Å². The summed E-state index contributed by atoms with van der Waals surface area (Å²) in [6.45, 7) is 0. The van der Waals surface area contributed by atoms with Crippen molar-refractivity contribution in [3.63, 3.8) is 0 Å². The molecule has 0 saturated carbocycles. The van der Waals surface area contributed by atoms with E-state index in [1.165, 1.54) is 21.9 Å². The molecule has 0 aromatic heterocycles. The Morgan fingerprint density at radius 3 is 2.41 bits per heavy atom. The first-order chi connectivity index (χ1) is 14.4. The molecule has 2 aliphatic heterocycles. The van der Waals surface area contributed by atoms with Crippen LogP contribution in [0.5, 0.6) is 5.75 Å². The van der Waals surface area contributed by atoms with Gasteiger partial charge in [0.25, 0.3) is 0 Å². The van der Waals surface area contributed by atoms with Crippen molar-refractivity contribution in [2.24, 2.45) is 5.10 Å². The second kappa shape index (κ2) is 6.49. The van der Waals surface area contributed by atoms with E-state index >= 15 is 0 Å². The number of nitrogens with zero attached hydrogens (tertiary/aromatic N) is 2. The van der Waals surface area contributed by atoms with Crippen LogP contribution in [0.1, 0.15) is 35.4 Å². The molecule has 0 unspecified atom stereocenters. The van der Waals surface area contributed by atoms with Gasteiger partial charge >= 0.3 is 0 Å². The highest BCUT2D eigenvalue weighted by Crippen LogP contribution is 2.47. The Bertz CT molecular complexity index is 1230. The number of benzene rings is 4. The molecule has 0 amide bonds. The van der Waals surface area contributed by atoms with Gasteiger partial charge < -0.3 is 4.74 Å². The number of hydrogen-bond donors (Lipinski definition) is 0.